The minimum absolute atomic E-state index is 0.107. The van der Waals surface area contributed by atoms with Crippen LogP contribution in [0.3, 0.4) is 0 Å². The minimum Gasteiger partial charge on any atom is -0.493 e. The smallest absolute Gasteiger partial charge is 0.315 e. The number of nitrogens with zero attached hydrogens (tertiary/aromatic N) is 2. The van der Waals surface area contributed by atoms with E-state index in [0.29, 0.717) is 11.3 Å². The number of esters is 1. The molecule has 0 fully saturated rings. The molecule has 3 aromatic rings. The van der Waals surface area contributed by atoms with Crippen LogP contribution < -0.4 is 9.47 Å². The van der Waals surface area contributed by atoms with Crippen LogP contribution in [-0.2, 0) is 11.2 Å². The van der Waals surface area contributed by atoms with Gasteiger partial charge in [0.25, 0.3) is 11.4 Å². The van der Waals surface area contributed by atoms with Crippen LogP contribution in [-0.4, -0.2) is 22.9 Å². The molecule has 9 nitrogen and oxygen atoms in total. The second kappa shape index (κ2) is 9.98. The predicted molar refractivity (Wildman–Crippen MR) is 117 cm³/mol. The van der Waals surface area contributed by atoms with Gasteiger partial charge in [-0.2, -0.15) is 0 Å². The highest BCUT2D eigenvalue weighted by Gasteiger charge is 2.18. The van der Waals surface area contributed by atoms with Crippen LogP contribution in [0.2, 0.25) is 0 Å². The summed E-state index contributed by atoms with van der Waals surface area (Å²) in [6.07, 6.45) is 3.17. The van der Waals surface area contributed by atoms with Crippen molar-refractivity contribution in [1.29, 1.82) is 0 Å². The number of non-ortho nitro benzene ring substituents is 1. The summed E-state index contributed by atoms with van der Waals surface area (Å²) in [6.45, 7) is 0. The second-order valence-electron chi connectivity index (χ2n) is 6.64. The Morgan fingerprint density at radius 3 is 2.31 bits per heavy atom. The lowest BCUT2D eigenvalue weighted by Crippen LogP contribution is -2.11. The van der Waals surface area contributed by atoms with Crippen LogP contribution >= 0.6 is 0 Å². The molecule has 0 radical (unpaired) electrons. The summed E-state index contributed by atoms with van der Waals surface area (Å²) >= 11 is 0. The normalized spacial score (nSPS) is 10.7. The van der Waals surface area contributed by atoms with Gasteiger partial charge in [0.2, 0.25) is 0 Å². The van der Waals surface area contributed by atoms with Crippen LogP contribution in [0.5, 0.6) is 11.5 Å². The maximum atomic E-state index is 12.2. The number of nitro benzene ring substituents is 2. The lowest BCUT2D eigenvalue weighted by atomic mass is 10.1. The van der Waals surface area contributed by atoms with E-state index in [9.17, 15) is 25.0 Å². The molecular formula is C23H18N2O7. The Morgan fingerprint density at radius 1 is 0.906 bits per heavy atom. The van der Waals surface area contributed by atoms with Crippen LogP contribution in [0, 0.1) is 20.2 Å². The fourth-order valence-electron chi connectivity index (χ4n) is 2.92. The molecule has 0 aliphatic heterocycles. The molecule has 0 unspecified atom stereocenters. The van der Waals surface area contributed by atoms with Crippen LogP contribution in [0.15, 0.2) is 66.7 Å². The molecule has 0 aromatic heterocycles. The molecule has 0 spiro atoms. The summed E-state index contributed by atoms with van der Waals surface area (Å²) < 4.78 is 10.7. The molecule has 0 saturated heterocycles. The van der Waals surface area contributed by atoms with Crippen molar-refractivity contribution in [1.82, 2.24) is 0 Å². The number of ether oxygens (including phenoxy) is 2. The fourth-order valence-corrected chi connectivity index (χ4v) is 2.92. The number of hydrogen-bond donors (Lipinski definition) is 0. The van der Waals surface area contributed by atoms with Gasteiger partial charge in [-0.25, -0.2) is 0 Å². The summed E-state index contributed by atoms with van der Waals surface area (Å²) in [5, 5.41) is 22.1. The third-order valence-corrected chi connectivity index (χ3v) is 4.48. The third kappa shape index (κ3) is 5.54. The van der Waals surface area contributed by atoms with Gasteiger partial charge < -0.3 is 9.47 Å². The Kier molecular flexibility index (Phi) is 6.92. The number of carbonyl (C=O) groups excluding carboxylic acids is 1. The summed E-state index contributed by atoms with van der Waals surface area (Å²) in [7, 11) is 1.43. The van der Waals surface area contributed by atoms with Gasteiger partial charge >= 0.3 is 5.97 Å². The molecule has 32 heavy (non-hydrogen) atoms. The molecule has 0 aliphatic rings. The van der Waals surface area contributed by atoms with Crippen molar-refractivity contribution in [2.75, 3.05) is 7.11 Å². The third-order valence-electron chi connectivity index (χ3n) is 4.48. The maximum Gasteiger partial charge on any atom is 0.315 e. The molecule has 0 aliphatic carbocycles. The van der Waals surface area contributed by atoms with Crippen LogP contribution in [0.4, 0.5) is 11.4 Å². The van der Waals surface area contributed by atoms with Gasteiger partial charge in [0.15, 0.2) is 11.5 Å². The second-order valence-corrected chi connectivity index (χ2v) is 6.64. The number of benzene rings is 3. The van der Waals surface area contributed by atoms with Crippen molar-refractivity contribution < 1.29 is 24.1 Å². The average Bonchev–Trinajstić information content (AvgIpc) is 2.78. The highest BCUT2D eigenvalue weighted by molar-refractivity contribution is 5.78. The SMILES string of the molecule is COc1cc(C=Cc2ccc([N+](=O)[O-])cc2[N+](=O)[O-])ccc1OC(=O)Cc1ccccc1. The van der Waals surface area contributed by atoms with E-state index in [1.54, 1.807) is 24.3 Å². The van der Waals surface area contributed by atoms with Gasteiger partial charge in [0, 0.05) is 6.07 Å². The number of rotatable bonds is 8. The topological polar surface area (TPSA) is 122 Å². The van der Waals surface area contributed by atoms with Gasteiger partial charge in [-0.05, 0) is 35.4 Å². The first kappa shape index (κ1) is 22.2. The summed E-state index contributed by atoms with van der Waals surface area (Å²) in [4.78, 5) is 33.0. The maximum absolute atomic E-state index is 12.2. The van der Waals surface area contributed by atoms with Crippen molar-refractivity contribution in [2.24, 2.45) is 0 Å². The monoisotopic (exact) mass is 434 g/mol. The molecule has 9 heteroatoms. The van der Waals surface area contributed by atoms with E-state index in [1.807, 2.05) is 30.3 Å². The molecule has 162 valence electrons. The first-order valence-corrected chi connectivity index (χ1v) is 9.41. The Labute approximate surface area is 182 Å². The van der Waals surface area contributed by atoms with Gasteiger partial charge in [-0.3, -0.25) is 25.0 Å². The quantitative estimate of drug-likeness (QED) is 0.164. The van der Waals surface area contributed by atoms with E-state index in [2.05, 4.69) is 0 Å². The van der Waals surface area contributed by atoms with Gasteiger partial charge in [0.1, 0.15) is 0 Å². The zero-order valence-electron chi connectivity index (χ0n) is 17.0. The van der Waals surface area contributed by atoms with Gasteiger partial charge in [-0.1, -0.05) is 42.5 Å². The Hall–Kier alpha value is -4.53. The zero-order valence-corrected chi connectivity index (χ0v) is 17.0. The van der Waals surface area contributed by atoms with E-state index in [1.165, 1.54) is 25.3 Å². The van der Waals surface area contributed by atoms with Crippen molar-refractivity contribution in [3.05, 3.63) is 104 Å². The number of nitro groups is 2. The van der Waals surface area contributed by atoms with Crippen molar-refractivity contribution in [3.63, 3.8) is 0 Å². The largest absolute Gasteiger partial charge is 0.493 e. The molecule has 3 rings (SSSR count). The van der Waals surface area contributed by atoms with Crippen molar-refractivity contribution in [2.45, 2.75) is 6.42 Å². The van der Waals surface area contributed by atoms with Gasteiger partial charge in [-0.15, -0.1) is 0 Å². The van der Waals surface area contributed by atoms with Crippen LogP contribution in [0.25, 0.3) is 12.2 Å². The van der Waals surface area contributed by atoms with Crippen molar-refractivity contribution >= 4 is 29.5 Å². The number of methoxy groups -OCH3 is 1. The Balaban J connectivity index is 1.79. The molecule has 0 atom stereocenters. The van der Waals surface area contributed by atoms with Gasteiger partial charge in [0.05, 0.1) is 35.0 Å². The minimum atomic E-state index is -0.691. The molecule has 0 saturated carbocycles. The average molecular weight is 434 g/mol. The van der Waals surface area contributed by atoms with E-state index in [-0.39, 0.29) is 29.1 Å². The lowest BCUT2D eigenvalue weighted by molar-refractivity contribution is -0.394. The molecule has 0 bridgehead atoms. The summed E-state index contributed by atoms with van der Waals surface area (Å²) in [6, 6.07) is 17.4. The van der Waals surface area contributed by atoms with E-state index in [0.717, 1.165) is 11.6 Å². The Bertz CT molecular complexity index is 1190. The highest BCUT2D eigenvalue weighted by Crippen LogP contribution is 2.30. The first-order valence-electron chi connectivity index (χ1n) is 9.41. The fraction of sp³-hybridized carbons (Fsp3) is 0.0870. The van der Waals surface area contributed by atoms with E-state index >= 15 is 0 Å². The van der Waals surface area contributed by atoms with Crippen molar-refractivity contribution in [3.8, 4) is 11.5 Å². The van der Waals surface area contributed by atoms with E-state index in [4.69, 9.17) is 9.47 Å². The Morgan fingerprint density at radius 2 is 1.66 bits per heavy atom. The van der Waals surface area contributed by atoms with E-state index < -0.39 is 15.8 Å². The zero-order chi connectivity index (χ0) is 23.1. The lowest BCUT2D eigenvalue weighted by Gasteiger charge is -2.10. The summed E-state index contributed by atoms with van der Waals surface area (Å²) in [5.74, 6) is 0.109. The molecular weight excluding hydrogens is 416 g/mol. The molecule has 0 N–H and O–H groups in total. The standard InChI is InChI=1S/C23H18N2O7/c1-31-22-13-17(7-9-18-10-11-19(24(27)28)15-20(18)25(29)30)8-12-21(22)32-23(26)14-16-5-3-2-4-6-16/h2-13,15H,14H2,1H3. The molecule has 0 heterocycles. The van der Waals surface area contributed by atoms with Crippen LogP contribution in [0.1, 0.15) is 16.7 Å². The highest BCUT2D eigenvalue weighted by atomic mass is 16.6. The molecule has 3 aromatic carbocycles. The molecule has 0 amide bonds. The first-order chi connectivity index (χ1) is 15.4. The number of hydrogen-bond acceptors (Lipinski definition) is 7. The summed E-state index contributed by atoms with van der Waals surface area (Å²) in [5.41, 5.74) is 0.905. The predicted octanol–water partition coefficient (Wildman–Crippen LogP) is 4.83. The number of carbonyl (C=O) groups is 1.